The minimum absolute atomic E-state index is 0.531. The van der Waals surface area contributed by atoms with Crippen LogP contribution in [0.3, 0.4) is 0 Å². The summed E-state index contributed by atoms with van der Waals surface area (Å²) in [4.78, 5) is 6.86. The van der Waals surface area contributed by atoms with Gasteiger partial charge in [-0.05, 0) is 67.9 Å². The molecule has 0 spiro atoms. The van der Waals surface area contributed by atoms with E-state index in [1.54, 1.807) is 0 Å². The van der Waals surface area contributed by atoms with Gasteiger partial charge in [-0.15, -0.1) is 0 Å². The molecule has 2 N–H and O–H groups in total. The maximum atomic E-state index is 5.73. The molecule has 1 aromatic heterocycles. The summed E-state index contributed by atoms with van der Waals surface area (Å²) in [5, 5.41) is 0. The van der Waals surface area contributed by atoms with Gasteiger partial charge in [-0.25, -0.2) is 0 Å². The maximum Gasteiger partial charge on any atom is 0.0560 e. The summed E-state index contributed by atoms with van der Waals surface area (Å²) in [6.45, 7) is 0.531. The van der Waals surface area contributed by atoms with Gasteiger partial charge in [0.1, 0.15) is 0 Å². The molecule has 4 saturated carbocycles. The van der Waals surface area contributed by atoms with Crippen molar-refractivity contribution in [1.29, 1.82) is 0 Å². The number of pyridine rings is 1. The Morgan fingerprint density at radius 2 is 1.80 bits per heavy atom. The van der Waals surface area contributed by atoms with E-state index < -0.39 is 0 Å². The summed E-state index contributed by atoms with van der Waals surface area (Å²) in [7, 11) is 2.28. The average molecular weight is 271 g/mol. The van der Waals surface area contributed by atoms with E-state index >= 15 is 0 Å². The molecule has 108 valence electrons. The number of nitrogens with zero attached hydrogens (tertiary/aromatic N) is 2. The van der Waals surface area contributed by atoms with E-state index in [1.165, 1.54) is 37.8 Å². The smallest absolute Gasteiger partial charge is 0.0560 e. The fourth-order valence-corrected chi connectivity index (χ4v) is 5.50. The molecule has 5 rings (SSSR count). The van der Waals surface area contributed by atoms with Crippen LogP contribution in [0.4, 0.5) is 5.69 Å². The molecule has 0 aliphatic heterocycles. The topological polar surface area (TPSA) is 42.2 Å². The van der Waals surface area contributed by atoms with Gasteiger partial charge in [0.2, 0.25) is 0 Å². The first-order valence-corrected chi connectivity index (χ1v) is 8.12. The number of rotatable bonds is 3. The van der Waals surface area contributed by atoms with Crippen LogP contribution in [0.25, 0.3) is 0 Å². The minimum Gasteiger partial charge on any atom is -0.371 e. The zero-order valence-electron chi connectivity index (χ0n) is 12.3. The predicted octanol–water partition coefficient (Wildman–Crippen LogP) is 2.80. The van der Waals surface area contributed by atoms with Crippen LogP contribution in [-0.4, -0.2) is 18.1 Å². The van der Waals surface area contributed by atoms with Crippen molar-refractivity contribution in [2.45, 2.75) is 44.7 Å². The lowest BCUT2D eigenvalue weighted by molar-refractivity contribution is -0.00122. The molecule has 4 bridgehead atoms. The summed E-state index contributed by atoms with van der Waals surface area (Å²) < 4.78 is 0. The summed E-state index contributed by atoms with van der Waals surface area (Å²) in [6, 6.07) is 5.06. The Kier molecular flexibility index (Phi) is 2.99. The first-order valence-electron chi connectivity index (χ1n) is 8.12. The van der Waals surface area contributed by atoms with Crippen LogP contribution < -0.4 is 10.6 Å². The fourth-order valence-electron chi connectivity index (χ4n) is 5.50. The normalized spacial score (nSPS) is 38.2. The second kappa shape index (κ2) is 4.73. The van der Waals surface area contributed by atoms with Crippen LogP contribution in [0.15, 0.2) is 18.3 Å². The van der Waals surface area contributed by atoms with Crippen LogP contribution >= 0.6 is 0 Å². The van der Waals surface area contributed by atoms with Crippen molar-refractivity contribution in [1.82, 2.24) is 4.98 Å². The van der Waals surface area contributed by atoms with Gasteiger partial charge in [0.05, 0.1) is 5.69 Å². The van der Waals surface area contributed by atoms with E-state index in [0.29, 0.717) is 6.54 Å². The Morgan fingerprint density at radius 1 is 1.15 bits per heavy atom. The molecule has 3 heteroatoms. The highest BCUT2D eigenvalue weighted by Gasteiger charge is 2.49. The predicted molar refractivity (Wildman–Crippen MR) is 81.4 cm³/mol. The van der Waals surface area contributed by atoms with E-state index in [0.717, 1.165) is 35.4 Å². The maximum absolute atomic E-state index is 5.73. The van der Waals surface area contributed by atoms with E-state index in [-0.39, 0.29) is 0 Å². The van der Waals surface area contributed by atoms with E-state index in [4.69, 9.17) is 5.73 Å². The third-order valence-electron chi connectivity index (χ3n) is 6.04. The molecule has 1 heterocycles. The first-order chi connectivity index (χ1) is 9.74. The molecule has 20 heavy (non-hydrogen) atoms. The SMILES string of the molecule is CN(c1ccnc(CN)c1)C1C2CC3CC(C2)CC1C3. The number of hydrogen-bond donors (Lipinski definition) is 1. The van der Waals surface area contributed by atoms with Crippen molar-refractivity contribution in [2.24, 2.45) is 29.4 Å². The Hall–Kier alpha value is -1.09. The van der Waals surface area contributed by atoms with Crippen molar-refractivity contribution in [3.63, 3.8) is 0 Å². The summed E-state index contributed by atoms with van der Waals surface area (Å²) in [5.74, 6) is 3.93. The summed E-state index contributed by atoms with van der Waals surface area (Å²) in [6.07, 6.45) is 9.31. The Balaban J connectivity index is 1.60. The molecule has 0 unspecified atom stereocenters. The van der Waals surface area contributed by atoms with Crippen LogP contribution in [-0.2, 0) is 6.54 Å². The van der Waals surface area contributed by atoms with Gasteiger partial charge < -0.3 is 10.6 Å². The van der Waals surface area contributed by atoms with Gasteiger partial charge in [-0.2, -0.15) is 0 Å². The average Bonchev–Trinajstić information content (AvgIpc) is 2.46. The molecule has 1 aromatic rings. The Labute approximate surface area is 121 Å². The molecule has 4 aliphatic carbocycles. The van der Waals surface area contributed by atoms with Gasteiger partial charge in [0.25, 0.3) is 0 Å². The lowest BCUT2D eigenvalue weighted by atomic mass is 9.54. The zero-order valence-corrected chi connectivity index (χ0v) is 12.3. The van der Waals surface area contributed by atoms with E-state index in [1.807, 2.05) is 6.20 Å². The molecule has 3 nitrogen and oxygen atoms in total. The van der Waals surface area contributed by atoms with E-state index in [2.05, 4.69) is 29.1 Å². The monoisotopic (exact) mass is 271 g/mol. The third-order valence-corrected chi connectivity index (χ3v) is 6.04. The number of hydrogen-bond acceptors (Lipinski definition) is 3. The van der Waals surface area contributed by atoms with Gasteiger partial charge in [0, 0.05) is 31.5 Å². The van der Waals surface area contributed by atoms with Crippen molar-refractivity contribution < 1.29 is 0 Å². The van der Waals surface area contributed by atoms with Gasteiger partial charge in [0.15, 0.2) is 0 Å². The third kappa shape index (κ3) is 1.95. The van der Waals surface area contributed by atoms with Gasteiger partial charge in [-0.1, -0.05) is 0 Å². The Bertz CT molecular complexity index is 471. The lowest BCUT2D eigenvalue weighted by Gasteiger charge is -2.57. The Morgan fingerprint density at radius 3 is 2.40 bits per heavy atom. The molecular weight excluding hydrogens is 246 g/mol. The molecular formula is C17H25N3. The number of nitrogens with two attached hydrogens (primary N) is 1. The van der Waals surface area contributed by atoms with Crippen LogP contribution in [0.5, 0.6) is 0 Å². The quantitative estimate of drug-likeness (QED) is 0.919. The van der Waals surface area contributed by atoms with Crippen molar-refractivity contribution in [3.05, 3.63) is 24.0 Å². The zero-order chi connectivity index (χ0) is 13.7. The highest BCUT2D eigenvalue weighted by Crippen LogP contribution is 2.55. The van der Waals surface area contributed by atoms with Gasteiger partial charge in [-0.3, -0.25) is 4.98 Å². The summed E-state index contributed by atoms with van der Waals surface area (Å²) >= 11 is 0. The molecule has 0 amide bonds. The number of aromatic nitrogens is 1. The lowest BCUT2D eigenvalue weighted by Crippen LogP contribution is -2.55. The molecule has 0 radical (unpaired) electrons. The van der Waals surface area contributed by atoms with Gasteiger partial charge >= 0.3 is 0 Å². The highest BCUT2D eigenvalue weighted by molar-refractivity contribution is 5.47. The van der Waals surface area contributed by atoms with Crippen molar-refractivity contribution in [3.8, 4) is 0 Å². The second-order valence-electron chi connectivity index (χ2n) is 7.24. The fraction of sp³-hybridized carbons (Fsp3) is 0.706. The summed E-state index contributed by atoms with van der Waals surface area (Å²) in [5.41, 5.74) is 8.03. The van der Waals surface area contributed by atoms with Crippen LogP contribution in [0, 0.1) is 23.7 Å². The van der Waals surface area contributed by atoms with Crippen LogP contribution in [0.1, 0.15) is 37.8 Å². The standard InChI is InChI=1S/C17H25N3/c1-20(16-2-3-19-15(9-16)10-18)17-13-5-11-4-12(7-13)8-14(17)6-11/h2-3,9,11-14,17H,4-8,10,18H2,1H3. The molecule has 4 aliphatic rings. The van der Waals surface area contributed by atoms with Crippen molar-refractivity contribution >= 4 is 5.69 Å². The van der Waals surface area contributed by atoms with E-state index in [9.17, 15) is 0 Å². The largest absolute Gasteiger partial charge is 0.371 e. The highest BCUT2D eigenvalue weighted by atomic mass is 15.2. The molecule has 0 aromatic carbocycles. The molecule has 0 saturated heterocycles. The number of anilines is 1. The van der Waals surface area contributed by atoms with Crippen molar-refractivity contribution in [2.75, 3.05) is 11.9 Å². The van der Waals surface area contributed by atoms with Crippen LogP contribution in [0.2, 0.25) is 0 Å². The molecule has 0 atom stereocenters. The first kappa shape index (κ1) is 12.6. The second-order valence-corrected chi connectivity index (χ2v) is 7.24. The minimum atomic E-state index is 0.531. The molecule has 4 fully saturated rings.